The maximum absolute atomic E-state index is 11.6. The van der Waals surface area contributed by atoms with Crippen LogP contribution in [0.3, 0.4) is 0 Å². The zero-order valence-electron chi connectivity index (χ0n) is 10.8. The van der Waals surface area contributed by atoms with E-state index < -0.39 is 6.04 Å². The Balaban J connectivity index is 2.28. The Morgan fingerprint density at radius 2 is 2.26 bits per heavy atom. The highest BCUT2D eigenvalue weighted by Gasteiger charge is 2.18. The van der Waals surface area contributed by atoms with Gasteiger partial charge in [0.15, 0.2) is 0 Å². The van der Waals surface area contributed by atoms with Crippen LogP contribution in [0.1, 0.15) is 13.3 Å². The number of hydrogen-bond donors (Lipinski definition) is 1. The number of rotatable bonds is 5. The highest BCUT2D eigenvalue weighted by atomic mass is 16.5. The molecule has 0 saturated carbocycles. The molecule has 1 atom stereocenters. The number of carbonyl (C=O) groups is 1. The summed E-state index contributed by atoms with van der Waals surface area (Å²) in [7, 11) is 1.37. The van der Waals surface area contributed by atoms with Gasteiger partial charge in [0.05, 0.1) is 18.5 Å². The molecule has 0 aliphatic rings. The standard InChI is InChI=1S/C12H15N5O2/c1-3-9(12(18)19-2)14-10-6-4-5-7-11(10)17-8-13-15-16-17/h4-9,14H,3H2,1-2H3. The predicted molar refractivity (Wildman–Crippen MR) is 68.9 cm³/mol. The van der Waals surface area contributed by atoms with E-state index in [-0.39, 0.29) is 5.97 Å². The molecular formula is C12H15N5O2. The van der Waals surface area contributed by atoms with Gasteiger partial charge in [0, 0.05) is 0 Å². The summed E-state index contributed by atoms with van der Waals surface area (Å²) in [5, 5.41) is 14.2. The van der Waals surface area contributed by atoms with Crippen LogP contribution in [0.4, 0.5) is 5.69 Å². The fraction of sp³-hybridized carbons (Fsp3) is 0.333. The lowest BCUT2D eigenvalue weighted by Gasteiger charge is -2.17. The van der Waals surface area contributed by atoms with Crippen LogP contribution in [-0.2, 0) is 9.53 Å². The minimum absolute atomic E-state index is 0.297. The number of hydrogen-bond acceptors (Lipinski definition) is 6. The third kappa shape index (κ3) is 2.87. The van der Waals surface area contributed by atoms with Crippen molar-refractivity contribution in [2.24, 2.45) is 0 Å². The fourth-order valence-electron chi connectivity index (χ4n) is 1.72. The molecule has 0 spiro atoms. The van der Waals surface area contributed by atoms with E-state index in [2.05, 4.69) is 20.8 Å². The van der Waals surface area contributed by atoms with Gasteiger partial charge >= 0.3 is 5.97 Å². The summed E-state index contributed by atoms with van der Waals surface area (Å²) in [6.07, 6.45) is 2.12. The first kappa shape index (κ1) is 13.0. The van der Waals surface area contributed by atoms with Gasteiger partial charge in [-0.25, -0.2) is 4.79 Å². The molecule has 0 bridgehead atoms. The van der Waals surface area contributed by atoms with Crippen molar-refractivity contribution in [3.63, 3.8) is 0 Å². The van der Waals surface area contributed by atoms with E-state index in [4.69, 9.17) is 4.74 Å². The SMILES string of the molecule is CCC(Nc1ccccc1-n1cnnn1)C(=O)OC. The number of carbonyl (C=O) groups excluding carboxylic acids is 1. The molecule has 2 rings (SSSR count). The number of esters is 1. The number of ether oxygens (including phenoxy) is 1. The molecule has 1 unspecified atom stereocenters. The quantitative estimate of drug-likeness (QED) is 0.809. The van der Waals surface area contributed by atoms with Crippen LogP contribution in [0.15, 0.2) is 30.6 Å². The van der Waals surface area contributed by atoms with Crippen molar-refractivity contribution in [1.82, 2.24) is 20.2 Å². The number of methoxy groups -OCH3 is 1. The molecule has 0 aliphatic heterocycles. The number of nitrogens with zero attached hydrogens (tertiary/aromatic N) is 4. The van der Waals surface area contributed by atoms with Gasteiger partial charge in [0.25, 0.3) is 0 Å². The summed E-state index contributed by atoms with van der Waals surface area (Å²) < 4.78 is 6.29. The monoisotopic (exact) mass is 261 g/mol. The average Bonchev–Trinajstić information content (AvgIpc) is 2.98. The van der Waals surface area contributed by atoms with Crippen LogP contribution in [0, 0.1) is 0 Å². The number of para-hydroxylation sites is 2. The van der Waals surface area contributed by atoms with E-state index in [9.17, 15) is 4.79 Å². The number of anilines is 1. The maximum atomic E-state index is 11.6. The van der Waals surface area contributed by atoms with E-state index in [1.54, 1.807) is 0 Å². The van der Waals surface area contributed by atoms with Crippen molar-refractivity contribution >= 4 is 11.7 Å². The number of benzene rings is 1. The summed E-state index contributed by atoms with van der Waals surface area (Å²) in [5.41, 5.74) is 1.54. The molecule has 0 radical (unpaired) electrons. The van der Waals surface area contributed by atoms with Crippen molar-refractivity contribution in [3.8, 4) is 5.69 Å². The van der Waals surface area contributed by atoms with Crippen molar-refractivity contribution in [1.29, 1.82) is 0 Å². The van der Waals surface area contributed by atoms with Crippen LogP contribution < -0.4 is 5.32 Å². The second-order valence-electron chi connectivity index (χ2n) is 3.90. The first-order valence-electron chi connectivity index (χ1n) is 5.93. The average molecular weight is 261 g/mol. The summed E-state index contributed by atoms with van der Waals surface area (Å²) in [4.78, 5) is 11.6. The van der Waals surface area contributed by atoms with Crippen LogP contribution in [-0.4, -0.2) is 39.3 Å². The van der Waals surface area contributed by atoms with Gasteiger partial charge in [-0.05, 0) is 29.0 Å². The zero-order valence-corrected chi connectivity index (χ0v) is 10.8. The van der Waals surface area contributed by atoms with Crippen LogP contribution in [0.25, 0.3) is 5.69 Å². The van der Waals surface area contributed by atoms with Crippen molar-refractivity contribution < 1.29 is 9.53 Å². The smallest absolute Gasteiger partial charge is 0.328 e. The molecule has 1 aromatic carbocycles. The van der Waals surface area contributed by atoms with Gasteiger partial charge in [-0.1, -0.05) is 19.1 Å². The molecule has 7 heteroatoms. The Morgan fingerprint density at radius 3 is 2.89 bits per heavy atom. The molecule has 1 N–H and O–H groups in total. The van der Waals surface area contributed by atoms with Gasteiger partial charge in [-0.2, -0.15) is 4.68 Å². The highest BCUT2D eigenvalue weighted by Crippen LogP contribution is 2.20. The predicted octanol–water partition coefficient (Wildman–Crippen LogP) is 1.03. The fourth-order valence-corrected chi connectivity index (χ4v) is 1.72. The first-order chi connectivity index (χ1) is 9.26. The molecule has 7 nitrogen and oxygen atoms in total. The zero-order chi connectivity index (χ0) is 13.7. The topological polar surface area (TPSA) is 81.9 Å². The van der Waals surface area contributed by atoms with Crippen LogP contribution in [0.5, 0.6) is 0 Å². The molecule has 0 amide bonds. The molecular weight excluding hydrogens is 246 g/mol. The van der Waals surface area contributed by atoms with Gasteiger partial charge in [-0.15, -0.1) is 5.10 Å². The maximum Gasteiger partial charge on any atom is 0.328 e. The molecule has 19 heavy (non-hydrogen) atoms. The van der Waals surface area contributed by atoms with Gasteiger partial charge < -0.3 is 10.1 Å². The second-order valence-corrected chi connectivity index (χ2v) is 3.90. The van der Waals surface area contributed by atoms with Crippen molar-refractivity contribution in [2.75, 3.05) is 12.4 Å². The Morgan fingerprint density at radius 1 is 1.47 bits per heavy atom. The molecule has 0 saturated heterocycles. The van der Waals surface area contributed by atoms with Gasteiger partial charge in [0.2, 0.25) is 0 Å². The Hall–Kier alpha value is -2.44. The van der Waals surface area contributed by atoms with Crippen molar-refractivity contribution in [2.45, 2.75) is 19.4 Å². The minimum atomic E-state index is -0.400. The van der Waals surface area contributed by atoms with Crippen LogP contribution in [0.2, 0.25) is 0 Å². The van der Waals surface area contributed by atoms with E-state index in [1.807, 2.05) is 31.2 Å². The molecule has 0 aliphatic carbocycles. The van der Waals surface area contributed by atoms with Crippen LogP contribution >= 0.6 is 0 Å². The Bertz CT molecular complexity index is 541. The summed E-state index contributed by atoms with van der Waals surface area (Å²) in [6, 6.07) is 7.08. The molecule has 2 aromatic rings. The lowest BCUT2D eigenvalue weighted by molar-refractivity contribution is -0.141. The Kier molecular flexibility index (Phi) is 4.07. The third-order valence-electron chi connectivity index (χ3n) is 2.72. The molecule has 1 heterocycles. The second kappa shape index (κ2) is 5.94. The van der Waals surface area contributed by atoms with E-state index in [0.717, 1.165) is 11.4 Å². The largest absolute Gasteiger partial charge is 0.467 e. The van der Waals surface area contributed by atoms with Crippen molar-refractivity contribution in [3.05, 3.63) is 30.6 Å². The normalized spacial score (nSPS) is 11.9. The molecule has 1 aromatic heterocycles. The summed E-state index contributed by atoms with van der Waals surface area (Å²) in [5.74, 6) is -0.297. The summed E-state index contributed by atoms with van der Waals surface area (Å²) >= 11 is 0. The van der Waals surface area contributed by atoms with Gasteiger partial charge in [-0.3, -0.25) is 0 Å². The Labute approximate surface area is 110 Å². The third-order valence-corrected chi connectivity index (χ3v) is 2.72. The molecule has 0 fully saturated rings. The summed E-state index contributed by atoms with van der Waals surface area (Å²) in [6.45, 7) is 1.91. The number of aromatic nitrogens is 4. The lowest BCUT2D eigenvalue weighted by atomic mass is 10.2. The van der Waals surface area contributed by atoms with E-state index in [1.165, 1.54) is 18.1 Å². The number of tetrazole rings is 1. The number of nitrogens with one attached hydrogen (secondary N) is 1. The highest BCUT2D eigenvalue weighted by molar-refractivity contribution is 5.80. The van der Waals surface area contributed by atoms with E-state index in [0.29, 0.717) is 6.42 Å². The lowest BCUT2D eigenvalue weighted by Crippen LogP contribution is -2.30. The molecule has 100 valence electrons. The van der Waals surface area contributed by atoms with E-state index >= 15 is 0 Å². The minimum Gasteiger partial charge on any atom is -0.467 e. The van der Waals surface area contributed by atoms with Gasteiger partial charge in [0.1, 0.15) is 12.4 Å². The first-order valence-corrected chi connectivity index (χ1v) is 5.93.